The molecule has 0 atom stereocenters. The zero-order valence-electron chi connectivity index (χ0n) is 11.1. The van der Waals surface area contributed by atoms with Crippen molar-refractivity contribution < 1.29 is 8.78 Å². The van der Waals surface area contributed by atoms with Crippen molar-refractivity contribution in [1.29, 1.82) is 0 Å². The first-order valence-electron chi connectivity index (χ1n) is 6.32. The van der Waals surface area contributed by atoms with Gasteiger partial charge in [-0.3, -0.25) is 4.98 Å². The highest BCUT2D eigenvalue weighted by Gasteiger charge is 2.09. The van der Waals surface area contributed by atoms with Crippen LogP contribution in [0.3, 0.4) is 0 Å². The summed E-state index contributed by atoms with van der Waals surface area (Å²) in [6.45, 7) is 1.87. The van der Waals surface area contributed by atoms with E-state index in [-0.39, 0.29) is 5.69 Å². The molecule has 0 aliphatic carbocycles. The van der Waals surface area contributed by atoms with E-state index in [0.29, 0.717) is 10.7 Å². The molecule has 0 saturated carbocycles. The van der Waals surface area contributed by atoms with Gasteiger partial charge in [0, 0.05) is 28.4 Å². The lowest BCUT2D eigenvalue weighted by Gasteiger charge is -2.12. The number of pyridine rings is 1. The summed E-state index contributed by atoms with van der Waals surface area (Å²) in [5, 5.41) is 4.41. The van der Waals surface area contributed by atoms with Crippen LogP contribution < -0.4 is 5.32 Å². The van der Waals surface area contributed by atoms with Crippen molar-refractivity contribution in [2.75, 3.05) is 5.32 Å². The van der Waals surface area contributed by atoms with Crippen molar-refractivity contribution in [3.05, 3.63) is 64.8 Å². The average molecular weight is 305 g/mol. The van der Waals surface area contributed by atoms with Crippen molar-refractivity contribution >= 4 is 33.9 Å². The van der Waals surface area contributed by atoms with Crippen molar-refractivity contribution in [2.24, 2.45) is 0 Å². The van der Waals surface area contributed by atoms with Gasteiger partial charge in [-0.05, 0) is 42.8 Å². The van der Waals surface area contributed by atoms with E-state index in [1.165, 1.54) is 12.1 Å². The molecule has 1 aromatic heterocycles. The molecule has 0 bridgehead atoms. The molecule has 1 N–H and O–H groups in total. The third-order valence-electron chi connectivity index (χ3n) is 3.30. The molecule has 0 aliphatic rings. The van der Waals surface area contributed by atoms with Gasteiger partial charge in [-0.15, -0.1) is 0 Å². The Hall–Kier alpha value is -2.20. The molecule has 5 heteroatoms. The molecule has 2 aromatic carbocycles. The number of hydrogen-bond donors (Lipinski definition) is 1. The predicted molar refractivity (Wildman–Crippen MR) is 81.1 cm³/mol. The number of benzene rings is 2. The predicted octanol–water partition coefficient (Wildman–Crippen LogP) is 5.22. The van der Waals surface area contributed by atoms with Crippen LogP contribution in [0.15, 0.2) is 42.6 Å². The van der Waals surface area contributed by atoms with Gasteiger partial charge in [0.25, 0.3) is 0 Å². The topological polar surface area (TPSA) is 24.9 Å². The van der Waals surface area contributed by atoms with E-state index in [1.54, 1.807) is 18.3 Å². The zero-order valence-corrected chi connectivity index (χ0v) is 11.9. The quantitative estimate of drug-likeness (QED) is 0.702. The molecular weight excluding hydrogens is 294 g/mol. The Morgan fingerprint density at radius 3 is 2.62 bits per heavy atom. The number of anilines is 2. The third kappa shape index (κ3) is 2.54. The molecule has 0 amide bonds. The molecule has 3 rings (SSSR count). The fourth-order valence-electron chi connectivity index (χ4n) is 2.18. The largest absolute Gasteiger partial charge is 0.353 e. The van der Waals surface area contributed by atoms with Crippen LogP contribution in [0.5, 0.6) is 0 Å². The Labute approximate surface area is 125 Å². The standard InChI is InChI=1S/C16H11ClF2N2/c1-9-12(17)4-3-11-14(6-7-20-16(9)11)21-15-5-2-10(18)8-13(15)19/h2-8H,1H3,(H,20,21). The number of aryl methyl sites for hydroxylation is 1. The van der Waals surface area contributed by atoms with Gasteiger partial charge in [0.2, 0.25) is 0 Å². The van der Waals surface area contributed by atoms with Gasteiger partial charge < -0.3 is 5.32 Å². The molecule has 1 heterocycles. The molecule has 0 radical (unpaired) electrons. The summed E-state index contributed by atoms with van der Waals surface area (Å²) < 4.78 is 26.7. The molecule has 2 nitrogen and oxygen atoms in total. The fourth-order valence-corrected chi connectivity index (χ4v) is 2.33. The lowest BCUT2D eigenvalue weighted by molar-refractivity contribution is 0.586. The van der Waals surface area contributed by atoms with E-state index in [0.717, 1.165) is 22.5 Å². The Morgan fingerprint density at radius 2 is 1.86 bits per heavy atom. The number of aromatic nitrogens is 1. The van der Waals surface area contributed by atoms with Crippen LogP contribution in [-0.2, 0) is 0 Å². The highest BCUT2D eigenvalue weighted by atomic mass is 35.5. The maximum absolute atomic E-state index is 13.7. The summed E-state index contributed by atoms with van der Waals surface area (Å²) in [5.41, 5.74) is 2.49. The van der Waals surface area contributed by atoms with E-state index in [9.17, 15) is 8.78 Å². The number of rotatable bonds is 2. The monoisotopic (exact) mass is 304 g/mol. The summed E-state index contributed by atoms with van der Waals surface area (Å²) >= 11 is 6.08. The highest BCUT2D eigenvalue weighted by molar-refractivity contribution is 6.32. The molecular formula is C16H11ClF2N2. The van der Waals surface area contributed by atoms with Gasteiger partial charge in [0.15, 0.2) is 0 Å². The van der Waals surface area contributed by atoms with E-state index in [1.807, 2.05) is 13.0 Å². The molecule has 0 unspecified atom stereocenters. The SMILES string of the molecule is Cc1c(Cl)ccc2c(Nc3ccc(F)cc3F)ccnc12. The number of nitrogens with zero attached hydrogens (tertiary/aromatic N) is 1. The first kappa shape index (κ1) is 13.8. The van der Waals surface area contributed by atoms with Crippen LogP contribution in [0, 0.1) is 18.6 Å². The lowest BCUT2D eigenvalue weighted by atomic mass is 10.1. The molecule has 106 valence electrons. The van der Waals surface area contributed by atoms with Crippen molar-refractivity contribution in [2.45, 2.75) is 6.92 Å². The number of fused-ring (bicyclic) bond motifs is 1. The summed E-state index contributed by atoms with van der Waals surface area (Å²) in [7, 11) is 0. The number of hydrogen-bond acceptors (Lipinski definition) is 2. The van der Waals surface area contributed by atoms with E-state index in [4.69, 9.17) is 11.6 Å². The summed E-state index contributed by atoms with van der Waals surface area (Å²) in [6, 6.07) is 8.73. The molecule has 21 heavy (non-hydrogen) atoms. The van der Waals surface area contributed by atoms with Gasteiger partial charge in [-0.1, -0.05) is 11.6 Å². The molecule has 0 saturated heterocycles. The van der Waals surface area contributed by atoms with Gasteiger partial charge in [-0.2, -0.15) is 0 Å². The fraction of sp³-hybridized carbons (Fsp3) is 0.0625. The Balaban J connectivity index is 2.11. The second-order valence-corrected chi connectivity index (χ2v) is 5.08. The minimum Gasteiger partial charge on any atom is -0.353 e. The van der Waals surface area contributed by atoms with Crippen LogP contribution in [0.1, 0.15) is 5.56 Å². The van der Waals surface area contributed by atoms with Gasteiger partial charge in [0.05, 0.1) is 11.2 Å². The summed E-state index contributed by atoms with van der Waals surface area (Å²) in [4.78, 5) is 4.30. The van der Waals surface area contributed by atoms with Crippen LogP contribution >= 0.6 is 11.6 Å². The molecule has 0 fully saturated rings. The number of halogens is 3. The first-order valence-corrected chi connectivity index (χ1v) is 6.70. The normalized spacial score (nSPS) is 10.9. The van der Waals surface area contributed by atoms with Crippen molar-refractivity contribution in [3.8, 4) is 0 Å². The second kappa shape index (κ2) is 5.30. The minimum absolute atomic E-state index is 0.205. The first-order chi connectivity index (χ1) is 10.1. The summed E-state index contributed by atoms with van der Waals surface area (Å²) in [6.07, 6.45) is 1.62. The third-order valence-corrected chi connectivity index (χ3v) is 3.71. The maximum Gasteiger partial charge on any atom is 0.149 e. The van der Waals surface area contributed by atoms with E-state index in [2.05, 4.69) is 10.3 Å². The number of nitrogens with one attached hydrogen (secondary N) is 1. The average Bonchev–Trinajstić information content (AvgIpc) is 2.46. The van der Waals surface area contributed by atoms with Gasteiger partial charge in [0.1, 0.15) is 11.6 Å². The van der Waals surface area contributed by atoms with Crippen molar-refractivity contribution in [3.63, 3.8) is 0 Å². The zero-order chi connectivity index (χ0) is 15.0. The summed E-state index contributed by atoms with van der Waals surface area (Å²) in [5.74, 6) is -1.26. The van der Waals surface area contributed by atoms with E-state index >= 15 is 0 Å². The van der Waals surface area contributed by atoms with Gasteiger partial charge >= 0.3 is 0 Å². The Kier molecular flexibility index (Phi) is 3.47. The minimum atomic E-state index is -0.648. The maximum atomic E-state index is 13.7. The lowest BCUT2D eigenvalue weighted by Crippen LogP contribution is -1.97. The van der Waals surface area contributed by atoms with Crippen molar-refractivity contribution in [1.82, 2.24) is 4.98 Å². The van der Waals surface area contributed by atoms with E-state index < -0.39 is 11.6 Å². The highest BCUT2D eigenvalue weighted by Crippen LogP contribution is 2.31. The second-order valence-electron chi connectivity index (χ2n) is 4.68. The van der Waals surface area contributed by atoms with Crippen LogP contribution in [-0.4, -0.2) is 4.98 Å². The van der Waals surface area contributed by atoms with Crippen LogP contribution in [0.4, 0.5) is 20.2 Å². The molecule has 0 spiro atoms. The van der Waals surface area contributed by atoms with Gasteiger partial charge in [-0.25, -0.2) is 8.78 Å². The van der Waals surface area contributed by atoms with Crippen LogP contribution in [0.2, 0.25) is 5.02 Å². The van der Waals surface area contributed by atoms with Crippen LogP contribution in [0.25, 0.3) is 10.9 Å². The smallest absolute Gasteiger partial charge is 0.149 e. The Bertz CT molecular complexity index is 834. The molecule has 3 aromatic rings. The Morgan fingerprint density at radius 1 is 1.05 bits per heavy atom. The molecule has 0 aliphatic heterocycles.